The fourth-order valence-electron chi connectivity index (χ4n) is 4.53. The first-order valence-corrected chi connectivity index (χ1v) is 8.79. The van der Waals surface area contributed by atoms with E-state index in [9.17, 15) is 9.59 Å². The Hall–Kier alpha value is -0.860. The molecule has 0 aromatic rings. The first-order valence-electron chi connectivity index (χ1n) is 8.79. The average molecular weight is 294 g/mol. The maximum atomic E-state index is 12.8. The van der Waals surface area contributed by atoms with Crippen LogP contribution in [0.3, 0.4) is 0 Å². The van der Waals surface area contributed by atoms with E-state index >= 15 is 0 Å². The van der Waals surface area contributed by atoms with Crippen LogP contribution in [0.2, 0.25) is 0 Å². The molecule has 0 bridgehead atoms. The van der Waals surface area contributed by atoms with E-state index in [4.69, 9.17) is 4.74 Å². The van der Waals surface area contributed by atoms with E-state index in [-0.39, 0.29) is 23.7 Å². The predicted molar refractivity (Wildman–Crippen MR) is 82.8 cm³/mol. The van der Waals surface area contributed by atoms with Gasteiger partial charge in [0, 0.05) is 18.3 Å². The zero-order valence-corrected chi connectivity index (χ0v) is 13.6. The van der Waals surface area contributed by atoms with Gasteiger partial charge in [0.15, 0.2) is 0 Å². The molecule has 2 saturated carbocycles. The molecule has 3 heteroatoms. The number of methoxy groups -OCH3 is 1. The molecule has 2 aliphatic rings. The second kappa shape index (κ2) is 7.95. The third kappa shape index (κ3) is 3.87. The van der Waals surface area contributed by atoms with Gasteiger partial charge < -0.3 is 4.74 Å². The highest BCUT2D eigenvalue weighted by molar-refractivity contribution is 5.87. The number of unbranched alkanes of at least 4 members (excludes halogenated alkanes) is 2. The van der Waals surface area contributed by atoms with Crippen molar-refractivity contribution in [1.29, 1.82) is 0 Å². The average Bonchev–Trinajstić information content (AvgIpc) is 2.66. The zero-order valence-electron chi connectivity index (χ0n) is 13.6. The summed E-state index contributed by atoms with van der Waals surface area (Å²) in [4.78, 5) is 24.6. The number of rotatable bonds is 6. The zero-order chi connectivity index (χ0) is 15.2. The molecule has 21 heavy (non-hydrogen) atoms. The lowest BCUT2D eigenvalue weighted by molar-refractivity contribution is -0.142. The van der Waals surface area contributed by atoms with Crippen LogP contribution in [0.1, 0.15) is 71.1 Å². The molecular weight excluding hydrogens is 264 g/mol. The van der Waals surface area contributed by atoms with Crippen LogP contribution in [0.4, 0.5) is 0 Å². The Bertz CT molecular complexity index is 363. The van der Waals surface area contributed by atoms with Gasteiger partial charge in [0.05, 0.1) is 7.11 Å². The van der Waals surface area contributed by atoms with Gasteiger partial charge in [0.25, 0.3) is 0 Å². The van der Waals surface area contributed by atoms with Gasteiger partial charge in [-0.15, -0.1) is 0 Å². The SMILES string of the molecule is CCCCCC1C(=O)C2CCCCCC2C1CC(=O)OC. The molecule has 0 aromatic carbocycles. The van der Waals surface area contributed by atoms with Crippen molar-refractivity contribution in [3.05, 3.63) is 0 Å². The highest BCUT2D eigenvalue weighted by atomic mass is 16.5. The Kier molecular flexibility index (Phi) is 6.25. The molecule has 0 aromatic heterocycles. The van der Waals surface area contributed by atoms with E-state index in [1.807, 2.05) is 0 Å². The van der Waals surface area contributed by atoms with E-state index < -0.39 is 0 Å². The number of ketones is 1. The van der Waals surface area contributed by atoms with Crippen LogP contribution in [0.15, 0.2) is 0 Å². The molecular formula is C18H30O3. The minimum absolute atomic E-state index is 0.115. The van der Waals surface area contributed by atoms with E-state index in [0.29, 0.717) is 18.1 Å². The molecule has 4 atom stereocenters. The van der Waals surface area contributed by atoms with Crippen LogP contribution in [0, 0.1) is 23.7 Å². The molecule has 0 radical (unpaired) electrons. The van der Waals surface area contributed by atoms with Crippen LogP contribution in [0.25, 0.3) is 0 Å². The number of ether oxygens (including phenoxy) is 1. The van der Waals surface area contributed by atoms with Crippen molar-refractivity contribution in [3.63, 3.8) is 0 Å². The van der Waals surface area contributed by atoms with Crippen LogP contribution >= 0.6 is 0 Å². The van der Waals surface area contributed by atoms with Crippen molar-refractivity contribution in [2.75, 3.05) is 7.11 Å². The summed E-state index contributed by atoms with van der Waals surface area (Å²) in [6.45, 7) is 2.19. The third-order valence-electron chi connectivity index (χ3n) is 5.62. The van der Waals surface area contributed by atoms with E-state index in [0.717, 1.165) is 25.7 Å². The summed E-state index contributed by atoms with van der Waals surface area (Å²) in [5, 5.41) is 0. The predicted octanol–water partition coefficient (Wildman–Crippen LogP) is 4.14. The van der Waals surface area contributed by atoms with Crippen LogP contribution in [-0.2, 0) is 14.3 Å². The smallest absolute Gasteiger partial charge is 0.305 e. The Morgan fingerprint density at radius 1 is 1.19 bits per heavy atom. The highest BCUT2D eigenvalue weighted by Crippen LogP contribution is 2.49. The number of carbonyl (C=O) groups is 2. The summed E-state index contributed by atoms with van der Waals surface area (Å²) in [5.74, 6) is 1.35. The number of carbonyl (C=O) groups excluding carboxylic acids is 2. The molecule has 3 nitrogen and oxygen atoms in total. The van der Waals surface area contributed by atoms with E-state index in [2.05, 4.69) is 6.92 Å². The first-order chi connectivity index (χ1) is 10.2. The maximum Gasteiger partial charge on any atom is 0.305 e. The van der Waals surface area contributed by atoms with Gasteiger partial charge >= 0.3 is 5.97 Å². The molecule has 0 saturated heterocycles. The largest absolute Gasteiger partial charge is 0.469 e. The number of fused-ring (bicyclic) bond motifs is 1. The quantitative estimate of drug-likeness (QED) is 0.546. The molecule has 0 aliphatic heterocycles. The molecule has 2 rings (SSSR count). The maximum absolute atomic E-state index is 12.8. The lowest BCUT2D eigenvalue weighted by Gasteiger charge is -2.23. The Morgan fingerprint density at radius 2 is 1.95 bits per heavy atom. The third-order valence-corrected chi connectivity index (χ3v) is 5.62. The van der Waals surface area contributed by atoms with Crippen LogP contribution in [0.5, 0.6) is 0 Å². The molecule has 2 fully saturated rings. The lowest BCUT2D eigenvalue weighted by Crippen LogP contribution is -2.22. The molecule has 0 spiro atoms. The van der Waals surface area contributed by atoms with Crippen molar-refractivity contribution < 1.29 is 14.3 Å². The van der Waals surface area contributed by atoms with Crippen molar-refractivity contribution in [2.24, 2.45) is 23.7 Å². The van der Waals surface area contributed by atoms with Gasteiger partial charge in [-0.05, 0) is 31.1 Å². The van der Waals surface area contributed by atoms with Gasteiger partial charge in [-0.1, -0.05) is 45.4 Å². The van der Waals surface area contributed by atoms with Crippen LogP contribution in [-0.4, -0.2) is 18.9 Å². The molecule has 0 N–H and O–H groups in total. The van der Waals surface area contributed by atoms with Gasteiger partial charge in [-0.2, -0.15) is 0 Å². The minimum atomic E-state index is -0.141. The summed E-state index contributed by atoms with van der Waals surface area (Å²) in [5.41, 5.74) is 0. The normalized spacial score (nSPS) is 32.6. The molecule has 4 unspecified atom stereocenters. The summed E-state index contributed by atoms with van der Waals surface area (Å²) < 4.78 is 4.88. The molecule has 2 aliphatic carbocycles. The lowest BCUT2D eigenvalue weighted by atomic mass is 9.80. The summed E-state index contributed by atoms with van der Waals surface area (Å²) in [6.07, 6.45) is 10.7. The Labute approximate surface area is 128 Å². The Morgan fingerprint density at radius 3 is 2.67 bits per heavy atom. The number of esters is 1. The molecule has 120 valence electrons. The van der Waals surface area contributed by atoms with Crippen molar-refractivity contribution in [1.82, 2.24) is 0 Å². The first kappa shape index (κ1) is 16.5. The van der Waals surface area contributed by atoms with Crippen molar-refractivity contribution in [2.45, 2.75) is 71.1 Å². The minimum Gasteiger partial charge on any atom is -0.469 e. The monoisotopic (exact) mass is 294 g/mol. The summed E-state index contributed by atoms with van der Waals surface area (Å²) in [7, 11) is 1.45. The van der Waals surface area contributed by atoms with Crippen LogP contribution < -0.4 is 0 Å². The van der Waals surface area contributed by atoms with Gasteiger partial charge in [0.2, 0.25) is 0 Å². The second-order valence-corrected chi connectivity index (χ2v) is 6.86. The molecule has 0 heterocycles. The fraction of sp³-hybridized carbons (Fsp3) is 0.889. The van der Waals surface area contributed by atoms with E-state index in [1.54, 1.807) is 0 Å². The molecule has 0 amide bonds. The van der Waals surface area contributed by atoms with Crippen molar-refractivity contribution >= 4 is 11.8 Å². The van der Waals surface area contributed by atoms with Crippen molar-refractivity contribution in [3.8, 4) is 0 Å². The summed E-state index contributed by atoms with van der Waals surface area (Å²) in [6, 6.07) is 0. The van der Waals surface area contributed by atoms with E-state index in [1.165, 1.54) is 39.2 Å². The Balaban J connectivity index is 2.11. The topological polar surface area (TPSA) is 43.4 Å². The van der Waals surface area contributed by atoms with Gasteiger partial charge in [-0.25, -0.2) is 0 Å². The number of Topliss-reactive ketones (excluding diaryl/α,β-unsaturated/α-hetero) is 1. The number of hydrogen-bond acceptors (Lipinski definition) is 3. The summed E-state index contributed by atoms with van der Waals surface area (Å²) >= 11 is 0. The number of hydrogen-bond donors (Lipinski definition) is 0. The van der Waals surface area contributed by atoms with Gasteiger partial charge in [0.1, 0.15) is 5.78 Å². The van der Waals surface area contributed by atoms with Gasteiger partial charge in [-0.3, -0.25) is 9.59 Å². The fourth-order valence-corrected chi connectivity index (χ4v) is 4.53. The standard InChI is InChI=1S/C18H30O3/c1-3-4-6-10-15-16(12-17(19)21-2)13-9-7-5-8-11-14(13)18(15)20/h13-16H,3-12H2,1-2H3. The highest BCUT2D eigenvalue weighted by Gasteiger charge is 2.49. The second-order valence-electron chi connectivity index (χ2n) is 6.86.